The van der Waals surface area contributed by atoms with Gasteiger partial charge in [-0.2, -0.15) is 0 Å². The van der Waals surface area contributed by atoms with E-state index in [9.17, 15) is 4.79 Å². The van der Waals surface area contributed by atoms with Crippen molar-refractivity contribution in [2.75, 3.05) is 20.3 Å². The molecule has 4 heteroatoms. The Morgan fingerprint density at radius 3 is 2.84 bits per heavy atom. The van der Waals surface area contributed by atoms with Crippen molar-refractivity contribution >= 4 is 5.91 Å². The minimum absolute atomic E-state index is 0.102. The maximum absolute atomic E-state index is 11.3. The van der Waals surface area contributed by atoms with Gasteiger partial charge < -0.3 is 14.8 Å². The molecule has 0 bridgehead atoms. The van der Waals surface area contributed by atoms with Gasteiger partial charge in [0.15, 0.2) is 11.5 Å². The van der Waals surface area contributed by atoms with Gasteiger partial charge in [0.05, 0.1) is 7.11 Å². The molecule has 1 unspecified atom stereocenters. The summed E-state index contributed by atoms with van der Waals surface area (Å²) in [4.78, 5) is 11.3. The molecule has 0 spiro atoms. The van der Waals surface area contributed by atoms with Crippen molar-refractivity contribution in [1.29, 1.82) is 0 Å². The summed E-state index contributed by atoms with van der Waals surface area (Å²) >= 11 is 0. The van der Waals surface area contributed by atoms with Crippen molar-refractivity contribution in [3.05, 3.63) is 35.9 Å². The molecule has 1 aliphatic heterocycles. The molecule has 19 heavy (non-hydrogen) atoms. The summed E-state index contributed by atoms with van der Waals surface area (Å²) in [5.41, 5.74) is 2.04. The Labute approximate surface area is 113 Å². The monoisotopic (exact) mass is 261 g/mol. The number of ether oxygens (including phenoxy) is 2. The molecular formula is C15H19NO3. The standard InChI is InChI=1S/C15H19NO3/c1-10(2)9-19-14-6-11(4-5-13(14)18-3)12-7-15(17)16-8-12/h4-6,12H,1,7-9H2,2-3H3,(H,16,17). The SMILES string of the molecule is C=C(C)COc1cc(C2CNC(=O)C2)ccc1OC. The molecule has 1 atom stereocenters. The quantitative estimate of drug-likeness (QED) is 0.827. The number of methoxy groups -OCH3 is 1. The van der Waals surface area contributed by atoms with Crippen LogP contribution in [-0.4, -0.2) is 26.2 Å². The minimum Gasteiger partial charge on any atom is -0.493 e. The van der Waals surface area contributed by atoms with E-state index < -0.39 is 0 Å². The highest BCUT2D eigenvalue weighted by atomic mass is 16.5. The van der Waals surface area contributed by atoms with E-state index in [1.807, 2.05) is 25.1 Å². The Morgan fingerprint density at radius 1 is 1.47 bits per heavy atom. The lowest BCUT2D eigenvalue weighted by molar-refractivity contribution is -0.119. The highest BCUT2D eigenvalue weighted by Gasteiger charge is 2.23. The second-order valence-electron chi connectivity index (χ2n) is 4.86. The topological polar surface area (TPSA) is 47.6 Å². The molecule has 1 N–H and O–H groups in total. The maximum Gasteiger partial charge on any atom is 0.220 e. The first-order valence-electron chi connectivity index (χ1n) is 6.32. The molecule has 2 rings (SSSR count). The van der Waals surface area contributed by atoms with Crippen LogP contribution in [0.5, 0.6) is 11.5 Å². The van der Waals surface area contributed by atoms with Crippen LogP contribution >= 0.6 is 0 Å². The van der Waals surface area contributed by atoms with Gasteiger partial charge in [-0.3, -0.25) is 4.79 Å². The number of amides is 1. The molecule has 1 saturated heterocycles. The zero-order valence-electron chi connectivity index (χ0n) is 11.4. The molecule has 0 saturated carbocycles. The number of carbonyl (C=O) groups excluding carboxylic acids is 1. The van der Waals surface area contributed by atoms with E-state index in [0.717, 1.165) is 11.1 Å². The van der Waals surface area contributed by atoms with Gasteiger partial charge >= 0.3 is 0 Å². The Bertz CT molecular complexity index is 496. The van der Waals surface area contributed by atoms with Crippen molar-refractivity contribution in [2.45, 2.75) is 19.3 Å². The normalized spacial score (nSPS) is 18.0. The van der Waals surface area contributed by atoms with E-state index >= 15 is 0 Å². The molecule has 1 aliphatic rings. The van der Waals surface area contributed by atoms with Crippen molar-refractivity contribution in [2.24, 2.45) is 0 Å². The third kappa shape index (κ3) is 3.28. The van der Waals surface area contributed by atoms with Gasteiger partial charge in [0.2, 0.25) is 5.91 Å². The van der Waals surface area contributed by atoms with Crippen LogP contribution in [0.2, 0.25) is 0 Å². The zero-order valence-corrected chi connectivity index (χ0v) is 11.4. The van der Waals surface area contributed by atoms with E-state index in [4.69, 9.17) is 9.47 Å². The Kier molecular flexibility index (Phi) is 4.10. The molecule has 1 heterocycles. The lowest BCUT2D eigenvalue weighted by Crippen LogP contribution is -2.13. The summed E-state index contributed by atoms with van der Waals surface area (Å²) in [5.74, 6) is 1.71. The van der Waals surface area contributed by atoms with E-state index in [0.29, 0.717) is 31.1 Å². The Morgan fingerprint density at radius 2 is 2.26 bits per heavy atom. The van der Waals surface area contributed by atoms with Gasteiger partial charge in [0.1, 0.15) is 6.61 Å². The van der Waals surface area contributed by atoms with Crippen LogP contribution in [-0.2, 0) is 4.79 Å². The van der Waals surface area contributed by atoms with E-state index in [2.05, 4.69) is 11.9 Å². The maximum atomic E-state index is 11.3. The molecule has 4 nitrogen and oxygen atoms in total. The summed E-state index contributed by atoms with van der Waals surface area (Å²) in [7, 11) is 1.61. The fourth-order valence-electron chi connectivity index (χ4n) is 2.10. The van der Waals surface area contributed by atoms with E-state index in [1.165, 1.54) is 0 Å². The van der Waals surface area contributed by atoms with Crippen molar-refractivity contribution in [3.8, 4) is 11.5 Å². The van der Waals surface area contributed by atoms with Crippen LogP contribution in [0.15, 0.2) is 30.4 Å². The predicted molar refractivity (Wildman–Crippen MR) is 73.7 cm³/mol. The van der Waals surface area contributed by atoms with Crippen molar-refractivity contribution < 1.29 is 14.3 Å². The average molecular weight is 261 g/mol. The third-order valence-corrected chi connectivity index (χ3v) is 3.11. The first-order chi connectivity index (χ1) is 9.10. The fraction of sp³-hybridized carbons (Fsp3) is 0.400. The summed E-state index contributed by atoms with van der Waals surface area (Å²) in [6.45, 7) is 6.87. The average Bonchev–Trinajstić information content (AvgIpc) is 2.82. The van der Waals surface area contributed by atoms with Crippen LogP contribution in [0.3, 0.4) is 0 Å². The van der Waals surface area contributed by atoms with Crippen molar-refractivity contribution in [3.63, 3.8) is 0 Å². The largest absolute Gasteiger partial charge is 0.493 e. The summed E-state index contributed by atoms with van der Waals surface area (Å²) in [5, 5.41) is 2.84. The number of hydrogen-bond acceptors (Lipinski definition) is 3. The number of rotatable bonds is 5. The van der Waals surface area contributed by atoms with Gasteiger partial charge in [-0.15, -0.1) is 0 Å². The highest BCUT2D eigenvalue weighted by molar-refractivity contribution is 5.79. The Hall–Kier alpha value is -1.97. The van der Waals surface area contributed by atoms with Crippen LogP contribution in [0, 0.1) is 0 Å². The van der Waals surface area contributed by atoms with Gasteiger partial charge in [-0.05, 0) is 30.2 Å². The molecule has 0 aromatic heterocycles. The molecule has 0 radical (unpaired) electrons. The van der Waals surface area contributed by atoms with Crippen LogP contribution in [0.25, 0.3) is 0 Å². The second kappa shape index (κ2) is 5.78. The highest BCUT2D eigenvalue weighted by Crippen LogP contribution is 2.33. The van der Waals surface area contributed by atoms with Gasteiger partial charge in [-0.1, -0.05) is 12.6 Å². The first-order valence-corrected chi connectivity index (χ1v) is 6.32. The van der Waals surface area contributed by atoms with E-state index in [-0.39, 0.29) is 11.8 Å². The lowest BCUT2D eigenvalue weighted by atomic mass is 9.98. The van der Waals surface area contributed by atoms with Crippen LogP contribution < -0.4 is 14.8 Å². The number of carbonyl (C=O) groups is 1. The van der Waals surface area contributed by atoms with Gasteiger partial charge in [-0.25, -0.2) is 0 Å². The third-order valence-electron chi connectivity index (χ3n) is 3.11. The zero-order chi connectivity index (χ0) is 13.8. The molecular weight excluding hydrogens is 242 g/mol. The Balaban J connectivity index is 2.19. The van der Waals surface area contributed by atoms with Gasteiger partial charge in [0.25, 0.3) is 0 Å². The van der Waals surface area contributed by atoms with Crippen LogP contribution in [0.1, 0.15) is 24.8 Å². The fourth-order valence-corrected chi connectivity index (χ4v) is 2.10. The first kappa shape index (κ1) is 13.5. The van der Waals surface area contributed by atoms with Crippen LogP contribution in [0.4, 0.5) is 0 Å². The molecule has 1 fully saturated rings. The second-order valence-corrected chi connectivity index (χ2v) is 4.86. The smallest absolute Gasteiger partial charge is 0.220 e. The molecule has 0 aliphatic carbocycles. The predicted octanol–water partition coefficient (Wildman–Crippen LogP) is 2.25. The minimum atomic E-state index is 0.102. The lowest BCUT2D eigenvalue weighted by Gasteiger charge is -2.14. The number of benzene rings is 1. The molecule has 1 amide bonds. The van der Waals surface area contributed by atoms with Crippen molar-refractivity contribution in [1.82, 2.24) is 5.32 Å². The number of hydrogen-bond donors (Lipinski definition) is 1. The summed E-state index contributed by atoms with van der Waals surface area (Å²) < 4.78 is 11.0. The van der Waals surface area contributed by atoms with E-state index in [1.54, 1.807) is 7.11 Å². The summed E-state index contributed by atoms with van der Waals surface area (Å²) in [6.07, 6.45) is 0.534. The number of nitrogens with one attached hydrogen (secondary N) is 1. The molecule has 1 aromatic rings. The molecule has 102 valence electrons. The summed E-state index contributed by atoms with van der Waals surface area (Å²) in [6, 6.07) is 5.82. The molecule has 1 aromatic carbocycles. The van der Waals surface area contributed by atoms with Gasteiger partial charge in [0, 0.05) is 18.9 Å².